The number of rotatable bonds is 5. The highest BCUT2D eigenvalue weighted by molar-refractivity contribution is 8.01. The Morgan fingerprint density at radius 2 is 2.07 bits per heavy atom. The van der Waals surface area contributed by atoms with Gasteiger partial charge < -0.3 is 15.4 Å². The van der Waals surface area contributed by atoms with E-state index in [0.717, 1.165) is 26.0 Å². The van der Waals surface area contributed by atoms with Crippen molar-refractivity contribution in [2.45, 2.75) is 31.2 Å². The Labute approximate surface area is 165 Å². The fraction of sp³-hybridized carbons (Fsp3) is 0.333. The second-order valence-electron chi connectivity index (χ2n) is 6.15. The number of methoxy groups -OCH3 is 1. The molecule has 1 unspecified atom stereocenters. The van der Waals surface area contributed by atoms with Gasteiger partial charge in [-0.25, -0.2) is 9.59 Å². The number of nitrogens with one attached hydrogen (secondary N) is 2. The molecule has 2 aromatic rings. The predicted octanol–water partition coefficient (Wildman–Crippen LogP) is 3.04. The van der Waals surface area contributed by atoms with Crippen molar-refractivity contribution in [1.82, 2.24) is 20.8 Å². The summed E-state index contributed by atoms with van der Waals surface area (Å²) in [5, 5.41) is 14.5. The largest absolute Gasteiger partial charge is 0.466 e. The van der Waals surface area contributed by atoms with E-state index in [2.05, 4.69) is 20.8 Å². The third-order valence-corrected chi connectivity index (χ3v) is 6.14. The van der Waals surface area contributed by atoms with Crippen LogP contribution >= 0.6 is 23.1 Å². The van der Waals surface area contributed by atoms with Gasteiger partial charge in [-0.3, -0.25) is 0 Å². The van der Waals surface area contributed by atoms with E-state index in [9.17, 15) is 9.59 Å². The molecule has 0 radical (unpaired) electrons. The quantitative estimate of drug-likeness (QED) is 0.588. The minimum atomic E-state index is -0.571. The second-order valence-corrected chi connectivity index (χ2v) is 8.56. The van der Waals surface area contributed by atoms with Gasteiger partial charge in [0.05, 0.1) is 18.7 Å². The molecule has 0 saturated heterocycles. The molecule has 142 valence electrons. The molecule has 3 rings (SSSR count). The van der Waals surface area contributed by atoms with Gasteiger partial charge in [-0.15, -0.1) is 10.2 Å². The molecule has 0 spiro atoms. The van der Waals surface area contributed by atoms with E-state index in [-0.39, 0.29) is 6.03 Å². The van der Waals surface area contributed by atoms with Crippen molar-refractivity contribution >= 4 is 35.1 Å². The van der Waals surface area contributed by atoms with Gasteiger partial charge in [0.25, 0.3) is 0 Å². The fourth-order valence-electron chi connectivity index (χ4n) is 2.94. The first-order valence-electron chi connectivity index (χ1n) is 8.28. The lowest BCUT2D eigenvalue weighted by Crippen LogP contribution is -2.46. The summed E-state index contributed by atoms with van der Waals surface area (Å²) in [5.41, 5.74) is 3.90. The molecule has 0 saturated carbocycles. The Morgan fingerprint density at radius 3 is 2.70 bits per heavy atom. The van der Waals surface area contributed by atoms with Crippen molar-refractivity contribution in [3.05, 3.63) is 51.2 Å². The first-order valence-corrected chi connectivity index (χ1v) is 10.1. The third kappa shape index (κ3) is 4.30. The summed E-state index contributed by atoms with van der Waals surface area (Å²) in [7, 11) is 1.34. The van der Waals surface area contributed by atoms with E-state index in [1.807, 2.05) is 39.0 Å². The average molecular weight is 405 g/mol. The molecular formula is C18H20N4O3S2. The number of hydrogen-bond donors (Lipinski definition) is 2. The van der Waals surface area contributed by atoms with Crippen molar-refractivity contribution in [3.8, 4) is 0 Å². The SMILES string of the molecule is COC(=O)C1=C(CSc2nnc(C)s2)NC(=O)NC1c1ccc(C)cc1C. The Balaban J connectivity index is 2.00. The number of hydrogen-bond acceptors (Lipinski definition) is 7. The number of aromatic nitrogens is 2. The minimum absolute atomic E-state index is 0.350. The highest BCUT2D eigenvalue weighted by atomic mass is 32.2. The topological polar surface area (TPSA) is 93.2 Å². The number of thioether (sulfide) groups is 1. The lowest BCUT2D eigenvalue weighted by molar-refractivity contribution is -0.136. The van der Waals surface area contributed by atoms with E-state index >= 15 is 0 Å². The van der Waals surface area contributed by atoms with Gasteiger partial charge in [0.1, 0.15) is 5.01 Å². The summed E-state index contributed by atoms with van der Waals surface area (Å²) >= 11 is 2.89. The second kappa shape index (κ2) is 8.10. The van der Waals surface area contributed by atoms with Crippen LogP contribution in [0.5, 0.6) is 0 Å². The molecule has 1 aromatic carbocycles. The first-order chi connectivity index (χ1) is 12.9. The van der Waals surface area contributed by atoms with Gasteiger partial charge in [0.15, 0.2) is 4.34 Å². The number of carbonyl (C=O) groups is 2. The first kappa shape index (κ1) is 19.4. The lowest BCUT2D eigenvalue weighted by atomic mass is 9.91. The number of carbonyl (C=O) groups excluding carboxylic acids is 2. The van der Waals surface area contributed by atoms with Crippen LogP contribution in [0.2, 0.25) is 0 Å². The molecular weight excluding hydrogens is 384 g/mol. The van der Waals surface area contributed by atoms with Crippen LogP contribution in [0.15, 0.2) is 33.8 Å². The highest BCUT2D eigenvalue weighted by Gasteiger charge is 2.34. The molecule has 27 heavy (non-hydrogen) atoms. The Hall–Kier alpha value is -2.39. The van der Waals surface area contributed by atoms with E-state index in [0.29, 0.717) is 17.0 Å². The summed E-state index contributed by atoms with van der Waals surface area (Å²) in [6.45, 7) is 5.84. The average Bonchev–Trinajstić information content (AvgIpc) is 3.04. The number of nitrogens with zero attached hydrogens (tertiary/aromatic N) is 2. The summed E-state index contributed by atoms with van der Waals surface area (Å²) in [6, 6.07) is 5.00. The number of aryl methyl sites for hydroxylation is 3. The molecule has 2 N–H and O–H groups in total. The Bertz CT molecular complexity index is 923. The summed E-state index contributed by atoms with van der Waals surface area (Å²) < 4.78 is 5.78. The van der Waals surface area contributed by atoms with Crippen molar-refractivity contribution in [2.24, 2.45) is 0 Å². The molecule has 7 nitrogen and oxygen atoms in total. The van der Waals surface area contributed by atoms with Gasteiger partial charge in [0.2, 0.25) is 0 Å². The molecule has 0 bridgehead atoms. The number of benzene rings is 1. The van der Waals surface area contributed by atoms with Crippen LogP contribution in [0.4, 0.5) is 4.79 Å². The maximum absolute atomic E-state index is 12.6. The van der Waals surface area contributed by atoms with Crippen LogP contribution in [0.3, 0.4) is 0 Å². The molecule has 2 amide bonds. The van der Waals surface area contributed by atoms with Crippen LogP contribution in [-0.2, 0) is 9.53 Å². The standard InChI is InChI=1S/C18H20N4O3S2/c1-9-5-6-12(10(2)7-9)15-14(16(23)25-4)13(19-17(24)20-15)8-26-18-22-21-11(3)27-18/h5-7,15H,8H2,1-4H3,(H2,19,20,24). The maximum Gasteiger partial charge on any atom is 0.338 e. The summed E-state index contributed by atoms with van der Waals surface area (Å²) in [5.74, 6) is -0.0926. The van der Waals surface area contributed by atoms with Crippen molar-refractivity contribution in [3.63, 3.8) is 0 Å². The van der Waals surface area contributed by atoms with Gasteiger partial charge >= 0.3 is 12.0 Å². The number of amides is 2. The molecule has 9 heteroatoms. The molecule has 2 heterocycles. The Morgan fingerprint density at radius 1 is 1.30 bits per heavy atom. The molecule has 1 aliphatic heterocycles. The van der Waals surface area contributed by atoms with E-state index in [1.165, 1.54) is 30.2 Å². The number of urea groups is 1. The fourth-order valence-corrected chi connectivity index (χ4v) is 4.72. The molecule has 1 aliphatic rings. The van der Waals surface area contributed by atoms with E-state index in [1.54, 1.807) is 0 Å². The van der Waals surface area contributed by atoms with Crippen LogP contribution in [0, 0.1) is 20.8 Å². The monoisotopic (exact) mass is 404 g/mol. The lowest BCUT2D eigenvalue weighted by Gasteiger charge is -2.30. The zero-order chi connectivity index (χ0) is 19.6. The summed E-state index contributed by atoms with van der Waals surface area (Å²) in [6.07, 6.45) is 0. The van der Waals surface area contributed by atoms with Gasteiger partial charge in [0, 0.05) is 11.4 Å². The highest BCUT2D eigenvalue weighted by Crippen LogP contribution is 2.32. The Kier molecular flexibility index (Phi) is 5.81. The van der Waals surface area contributed by atoms with Crippen molar-refractivity contribution < 1.29 is 14.3 Å². The van der Waals surface area contributed by atoms with Crippen molar-refractivity contribution in [1.29, 1.82) is 0 Å². The molecule has 0 aliphatic carbocycles. The van der Waals surface area contributed by atoms with Crippen LogP contribution in [0.25, 0.3) is 0 Å². The molecule has 1 aromatic heterocycles. The number of esters is 1. The number of ether oxygens (including phenoxy) is 1. The minimum Gasteiger partial charge on any atom is -0.466 e. The van der Waals surface area contributed by atoms with Crippen LogP contribution in [0.1, 0.15) is 27.7 Å². The zero-order valence-electron chi connectivity index (χ0n) is 15.5. The smallest absolute Gasteiger partial charge is 0.338 e. The maximum atomic E-state index is 12.6. The normalized spacial score (nSPS) is 16.7. The van der Waals surface area contributed by atoms with Crippen LogP contribution < -0.4 is 10.6 Å². The third-order valence-electron chi connectivity index (χ3n) is 4.14. The zero-order valence-corrected chi connectivity index (χ0v) is 17.1. The van der Waals surface area contributed by atoms with E-state index in [4.69, 9.17) is 4.74 Å². The molecule has 1 atom stereocenters. The van der Waals surface area contributed by atoms with Crippen LogP contribution in [-0.4, -0.2) is 35.1 Å². The predicted molar refractivity (Wildman–Crippen MR) is 105 cm³/mol. The van der Waals surface area contributed by atoms with E-state index < -0.39 is 12.0 Å². The van der Waals surface area contributed by atoms with Gasteiger partial charge in [-0.2, -0.15) is 0 Å². The molecule has 0 fully saturated rings. The van der Waals surface area contributed by atoms with Gasteiger partial charge in [-0.1, -0.05) is 46.9 Å². The van der Waals surface area contributed by atoms with Crippen molar-refractivity contribution in [2.75, 3.05) is 12.9 Å². The summed E-state index contributed by atoms with van der Waals surface area (Å²) in [4.78, 5) is 24.8. The van der Waals surface area contributed by atoms with Gasteiger partial charge in [-0.05, 0) is 31.9 Å².